The van der Waals surface area contributed by atoms with Crippen molar-refractivity contribution in [2.24, 2.45) is 4.99 Å². The molecule has 0 saturated heterocycles. The molecule has 1 heterocycles. The third-order valence-electron chi connectivity index (χ3n) is 3.50. The fraction of sp³-hybridized carbons (Fsp3) is 0.333. The van der Waals surface area contributed by atoms with Gasteiger partial charge < -0.3 is 10.6 Å². The van der Waals surface area contributed by atoms with Crippen LogP contribution in [-0.4, -0.2) is 31.1 Å². The Hall–Kier alpha value is -2.07. The summed E-state index contributed by atoms with van der Waals surface area (Å²) in [5, 5.41) is 7.17. The first-order chi connectivity index (χ1) is 11.3. The van der Waals surface area contributed by atoms with Crippen molar-refractivity contribution in [2.75, 3.05) is 20.1 Å². The molecule has 1 aromatic heterocycles. The molecule has 0 spiro atoms. The van der Waals surface area contributed by atoms with Gasteiger partial charge in [-0.1, -0.05) is 48.0 Å². The van der Waals surface area contributed by atoms with Crippen LogP contribution < -0.4 is 10.6 Å². The Morgan fingerprint density at radius 1 is 1.00 bits per heavy atom. The Kier molecular flexibility index (Phi) is 7.40. The van der Waals surface area contributed by atoms with E-state index in [-0.39, 0.29) is 0 Å². The number of aromatic nitrogens is 1. The number of rotatable bonds is 7. The minimum absolute atomic E-state index is 0.526. The van der Waals surface area contributed by atoms with Crippen molar-refractivity contribution in [3.63, 3.8) is 0 Å². The maximum absolute atomic E-state index is 5.78. The van der Waals surface area contributed by atoms with E-state index in [9.17, 15) is 0 Å². The average Bonchev–Trinajstić information content (AvgIpc) is 2.59. The van der Waals surface area contributed by atoms with Crippen molar-refractivity contribution in [1.82, 2.24) is 15.6 Å². The maximum Gasteiger partial charge on any atom is 0.190 e. The molecule has 122 valence electrons. The predicted molar refractivity (Wildman–Crippen MR) is 97.1 cm³/mol. The standard InChI is InChI=1S/C18H23ClN4/c1-20-18(21-12-5-8-15-6-3-2-4-7-15)22-13-11-16-9-10-17(19)23-14-16/h2-4,6-7,9-10,14H,5,8,11-13H2,1H3,(H2,20,21,22). The molecule has 0 radical (unpaired) electrons. The first-order valence-electron chi connectivity index (χ1n) is 7.87. The summed E-state index contributed by atoms with van der Waals surface area (Å²) in [5.74, 6) is 0.833. The van der Waals surface area contributed by atoms with Gasteiger partial charge in [0.15, 0.2) is 5.96 Å². The summed E-state index contributed by atoms with van der Waals surface area (Å²) in [4.78, 5) is 8.31. The Morgan fingerprint density at radius 2 is 1.78 bits per heavy atom. The molecule has 0 bridgehead atoms. The minimum Gasteiger partial charge on any atom is -0.356 e. The molecule has 0 aliphatic rings. The molecule has 0 unspecified atom stereocenters. The Balaban J connectivity index is 1.62. The molecular weight excluding hydrogens is 308 g/mol. The molecule has 5 heteroatoms. The van der Waals surface area contributed by atoms with Gasteiger partial charge in [-0.15, -0.1) is 0 Å². The largest absolute Gasteiger partial charge is 0.356 e. The summed E-state index contributed by atoms with van der Waals surface area (Å²) in [6, 6.07) is 14.3. The molecule has 2 N–H and O–H groups in total. The van der Waals surface area contributed by atoms with Crippen LogP contribution in [0.4, 0.5) is 0 Å². The summed E-state index contributed by atoms with van der Waals surface area (Å²) >= 11 is 5.78. The van der Waals surface area contributed by atoms with Crippen LogP contribution in [-0.2, 0) is 12.8 Å². The number of pyridine rings is 1. The lowest BCUT2D eigenvalue weighted by Gasteiger charge is -2.11. The molecule has 0 atom stereocenters. The van der Waals surface area contributed by atoms with Crippen molar-refractivity contribution in [3.05, 3.63) is 64.9 Å². The number of nitrogens with zero attached hydrogens (tertiary/aromatic N) is 2. The molecule has 0 aliphatic carbocycles. The van der Waals surface area contributed by atoms with E-state index in [0.29, 0.717) is 5.15 Å². The van der Waals surface area contributed by atoms with Gasteiger partial charge in [0.1, 0.15) is 5.15 Å². The van der Waals surface area contributed by atoms with Gasteiger partial charge >= 0.3 is 0 Å². The lowest BCUT2D eigenvalue weighted by atomic mass is 10.1. The predicted octanol–water partition coefficient (Wildman–Crippen LogP) is 3.08. The molecule has 4 nitrogen and oxygen atoms in total. The highest BCUT2D eigenvalue weighted by atomic mass is 35.5. The monoisotopic (exact) mass is 330 g/mol. The molecule has 0 saturated carbocycles. The molecule has 0 fully saturated rings. The summed E-state index contributed by atoms with van der Waals surface area (Å²) in [5.41, 5.74) is 2.52. The van der Waals surface area contributed by atoms with E-state index in [0.717, 1.165) is 43.9 Å². The normalized spacial score (nSPS) is 11.3. The quantitative estimate of drug-likeness (QED) is 0.355. The highest BCUT2D eigenvalue weighted by Gasteiger charge is 1.99. The second kappa shape index (κ2) is 9.85. The summed E-state index contributed by atoms with van der Waals surface area (Å²) in [6.07, 6.45) is 4.84. The van der Waals surface area contributed by atoms with Gasteiger partial charge in [0.25, 0.3) is 0 Å². The number of hydrogen-bond acceptors (Lipinski definition) is 2. The first kappa shape index (κ1) is 17.3. The first-order valence-corrected chi connectivity index (χ1v) is 8.24. The number of benzene rings is 1. The van der Waals surface area contributed by atoms with E-state index < -0.39 is 0 Å². The van der Waals surface area contributed by atoms with Crippen molar-refractivity contribution in [1.29, 1.82) is 0 Å². The topological polar surface area (TPSA) is 49.3 Å². The Labute approximate surface area is 143 Å². The van der Waals surface area contributed by atoms with Crippen molar-refractivity contribution < 1.29 is 0 Å². The van der Waals surface area contributed by atoms with E-state index in [2.05, 4.69) is 44.9 Å². The van der Waals surface area contributed by atoms with Crippen LogP contribution in [0.3, 0.4) is 0 Å². The molecular formula is C18H23ClN4. The third-order valence-corrected chi connectivity index (χ3v) is 3.72. The van der Waals surface area contributed by atoms with Crippen LogP contribution in [0, 0.1) is 0 Å². The van der Waals surface area contributed by atoms with Gasteiger partial charge in [-0.25, -0.2) is 4.98 Å². The third kappa shape index (κ3) is 6.70. The molecule has 23 heavy (non-hydrogen) atoms. The zero-order chi connectivity index (χ0) is 16.3. The van der Waals surface area contributed by atoms with Crippen LogP contribution >= 0.6 is 11.6 Å². The number of halogens is 1. The van der Waals surface area contributed by atoms with Crippen molar-refractivity contribution in [3.8, 4) is 0 Å². The maximum atomic E-state index is 5.78. The van der Waals surface area contributed by atoms with E-state index in [1.807, 2.05) is 18.2 Å². The van der Waals surface area contributed by atoms with Crippen LogP contribution in [0.5, 0.6) is 0 Å². The van der Waals surface area contributed by atoms with Crippen LogP contribution in [0.15, 0.2) is 53.7 Å². The zero-order valence-electron chi connectivity index (χ0n) is 13.4. The number of aryl methyl sites for hydroxylation is 1. The van der Waals surface area contributed by atoms with Crippen LogP contribution in [0.1, 0.15) is 17.5 Å². The van der Waals surface area contributed by atoms with Crippen LogP contribution in [0.2, 0.25) is 5.15 Å². The van der Waals surface area contributed by atoms with Gasteiger partial charge in [0.05, 0.1) is 0 Å². The smallest absolute Gasteiger partial charge is 0.190 e. The number of hydrogen-bond donors (Lipinski definition) is 2. The van der Waals surface area contributed by atoms with Crippen molar-refractivity contribution in [2.45, 2.75) is 19.3 Å². The van der Waals surface area contributed by atoms with E-state index >= 15 is 0 Å². The second-order valence-electron chi connectivity index (χ2n) is 5.25. The van der Waals surface area contributed by atoms with Gasteiger partial charge in [0.2, 0.25) is 0 Å². The van der Waals surface area contributed by atoms with Gasteiger partial charge in [-0.05, 0) is 36.5 Å². The average molecular weight is 331 g/mol. The lowest BCUT2D eigenvalue weighted by molar-refractivity contribution is 0.738. The molecule has 0 amide bonds. The summed E-state index contributed by atoms with van der Waals surface area (Å²) in [7, 11) is 1.79. The Morgan fingerprint density at radius 3 is 2.48 bits per heavy atom. The highest BCUT2D eigenvalue weighted by molar-refractivity contribution is 6.29. The highest BCUT2D eigenvalue weighted by Crippen LogP contribution is 2.05. The summed E-state index contributed by atoms with van der Waals surface area (Å²) in [6.45, 7) is 1.71. The second-order valence-corrected chi connectivity index (χ2v) is 5.64. The van der Waals surface area contributed by atoms with Crippen molar-refractivity contribution >= 4 is 17.6 Å². The minimum atomic E-state index is 0.526. The summed E-state index contributed by atoms with van der Waals surface area (Å²) < 4.78 is 0. The van der Waals surface area contributed by atoms with E-state index in [4.69, 9.17) is 11.6 Å². The van der Waals surface area contributed by atoms with Gasteiger partial charge in [-0.2, -0.15) is 0 Å². The number of nitrogens with one attached hydrogen (secondary N) is 2. The lowest BCUT2D eigenvalue weighted by Crippen LogP contribution is -2.38. The molecule has 2 aromatic rings. The molecule has 2 rings (SSSR count). The fourth-order valence-corrected chi connectivity index (χ4v) is 2.36. The zero-order valence-corrected chi connectivity index (χ0v) is 14.2. The molecule has 1 aromatic carbocycles. The Bertz CT molecular complexity index is 596. The van der Waals surface area contributed by atoms with E-state index in [1.54, 1.807) is 13.2 Å². The van der Waals surface area contributed by atoms with Crippen LogP contribution in [0.25, 0.3) is 0 Å². The fourth-order valence-electron chi connectivity index (χ4n) is 2.24. The molecule has 0 aliphatic heterocycles. The number of aliphatic imine (C=N–C) groups is 1. The van der Waals surface area contributed by atoms with Gasteiger partial charge in [0, 0.05) is 26.3 Å². The SMILES string of the molecule is CN=C(NCCCc1ccccc1)NCCc1ccc(Cl)nc1. The van der Waals surface area contributed by atoms with E-state index in [1.165, 1.54) is 5.56 Å². The number of guanidine groups is 1. The van der Waals surface area contributed by atoms with Gasteiger partial charge in [-0.3, -0.25) is 4.99 Å².